The maximum Gasteiger partial charge on any atom is 0.433 e. The minimum absolute atomic E-state index is 0.0873. The lowest BCUT2D eigenvalue weighted by Crippen LogP contribution is -2.60. The number of nitrogens with zero attached hydrogens (tertiary/aromatic N) is 6. The van der Waals surface area contributed by atoms with E-state index in [1.54, 1.807) is 18.0 Å². The van der Waals surface area contributed by atoms with Crippen molar-refractivity contribution in [1.82, 2.24) is 25.1 Å². The number of pyridine rings is 2. The van der Waals surface area contributed by atoms with Crippen LogP contribution in [0, 0.1) is 12.3 Å². The number of carbonyl (C=O) groups excluding carboxylic acids is 1. The van der Waals surface area contributed by atoms with Crippen molar-refractivity contribution in [1.29, 1.82) is 0 Å². The molecule has 13 heteroatoms. The number of rotatable bonds is 4. The van der Waals surface area contributed by atoms with Gasteiger partial charge in [-0.3, -0.25) is 4.79 Å². The number of amides is 1. The summed E-state index contributed by atoms with van der Waals surface area (Å²) in [5.41, 5.74) is 10.7. The first-order chi connectivity index (χ1) is 16.5. The number of anilines is 3. The third-order valence-electron chi connectivity index (χ3n) is 6.64. The average molecular weight is 487 g/mol. The molecule has 5 rings (SSSR count). The highest BCUT2D eigenvalue weighted by molar-refractivity contribution is 5.95. The van der Waals surface area contributed by atoms with Gasteiger partial charge in [-0.15, -0.1) is 5.10 Å². The maximum absolute atomic E-state index is 13.2. The monoisotopic (exact) mass is 487 g/mol. The number of hydrogen-bond acceptors (Lipinski definition) is 9. The molecule has 2 aliphatic rings. The molecule has 0 aromatic carbocycles. The minimum atomic E-state index is -4.66. The molecule has 2 aliphatic heterocycles. The summed E-state index contributed by atoms with van der Waals surface area (Å²) in [6, 6.07) is 3.84. The Morgan fingerprint density at radius 2 is 1.91 bits per heavy atom. The third-order valence-corrected chi connectivity index (χ3v) is 6.64. The van der Waals surface area contributed by atoms with E-state index in [1.165, 1.54) is 6.07 Å². The van der Waals surface area contributed by atoms with Crippen molar-refractivity contribution < 1.29 is 18.0 Å². The van der Waals surface area contributed by atoms with Crippen LogP contribution < -0.4 is 21.7 Å². The third kappa shape index (κ3) is 3.95. The Labute approximate surface area is 198 Å². The summed E-state index contributed by atoms with van der Waals surface area (Å²) < 4.78 is 39.5. The summed E-state index contributed by atoms with van der Waals surface area (Å²) >= 11 is 0. The number of halogens is 3. The molecule has 0 aliphatic carbocycles. The molecule has 35 heavy (non-hydrogen) atoms. The van der Waals surface area contributed by atoms with Gasteiger partial charge in [-0.25, -0.2) is 9.97 Å². The number of nitrogens with one attached hydrogen (secondary N) is 1. The van der Waals surface area contributed by atoms with Gasteiger partial charge in [-0.05, 0) is 31.5 Å². The SMILES string of the molecule is Cc1nnc(N[C@H](N)c2cc(N)cc(C(F)(F)F)n2)c2cc(N3CC4(CCN(C)C4=O)C3)ncc12. The molecule has 0 radical (unpaired) electrons. The highest BCUT2D eigenvalue weighted by atomic mass is 19.4. The zero-order valence-electron chi connectivity index (χ0n) is 19.1. The van der Waals surface area contributed by atoms with Gasteiger partial charge in [0.15, 0.2) is 5.82 Å². The topological polar surface area (TPSA) is 139 Å². The van der Waals surface area contributed by atoms with Crippen molar-refractivity contribution in [3.8, 4) is 0 Å². The Bertz CT molecular complexity index is 1320. The van der Waals surface area contributed by atoms with Gasteiger partial charge in [0.05, 0.1) is 16.8 Å². The Morgan fingerprint density at radius 1 is 1.17 bits per heavy atom. The largest absolute Gasteiger partial charge is 0.433 e. The molecular formula is C22H24F3N9O. The molecular weight excluding hydrogens is 463 g/mol. The van der Waals surface area contributed by atoms with Gasteiger partial charge in [0.25, 0.3) is 0 Å². The number of likely N-dealkylation sites (tertiary alicyclic amines) is 1. The molecule has 3 aromatic rings. The first-order valence-electron chi connectivity index (χ1n) is 11.0. The summed E-state index contributed by atoms with van der Waals surface area (Å²) in [7, 11) is 1.81. The number of carbonyl (C=O) groups is 1. The van der Waals surface area contributed by atoms with Crippen molar-refractivity contribution in [2.45, 2.75) is 25.7 Å². The van der Waals surface area contributed by atoms with Crippen LogP contribution in [0.1, 0.15) is 29.7 Å². The number of nitrogen functional groups attached to an aromatic ring is 1. The van der Waals surface area contributed by atoms with Crippen LogP contribution >= 0.6 is 0 Å². The molecule has 2 saturated heterocycles. The van der Waals surface area contributed by atoms with Crippen LogP contribution in [-0.2, 0) is 11.0 Å². The highest BCUT2D eigenvalue weighted by Crippen LogP contribution is 2.42. The predicted octanol–water partition coefficient (Wildman–Crippen LogP) is 2.07. The van der Waals surface area contributed by atoms with Crippen molar-refractivity contribution in [2.24, 2.45) is 11.1 Å². The lowest BCUT2D eigenvalue weighted by Gasteiger charge is -2.47. The fourth-order valence-corrected chi connectivity index (χ4v) is 4.68. The van der Waals surface area contributed by atoms with E-state index in [1.807, 2.05) is 18.0 Å². The fourth-order valence-electron chi connectivity index (χ4n) is 4.68. The molecule has 0 saturated carbocycles. The van der Waals surface area contributed by atoms with Crippen LogP contribution in [0.5, 0.6) is 0 Å². The molecule has 1 atom stereocenters. The molecule has 0 bridgehead atoms. The number of aromatic nitrogens is 4. The Morgan fingerprint density at radius 3 is 2.57 bits per heavy atom. The smallest absolute Gasteiger partial charge is 0.399 e. The van der Waals surface area contributed by atoms with E-state index < -0.39 is 18.0 Å². The quantitative estimate of drug-likeness (QED) is 0.472. The van der Waals surface area contributed by atoms with Crippen LogP contribution in [0.2, 0.25) is 0 Å². The normalized spacial score (nSPS) is 18.3. The van der Waals surface area contributed by atoms with Crippen molar-refractivity contribution in [2.75, 3.05) is 42.6 Å². The Balaban J connectivity index is 1.44. The number of fused-ring (bicyclic) bond motifs is 1. The summed E-state index contributed by atoms with van der Waals surface area (Å²) in [6.07, 6.45) is -3.31. The van der Waals surface area contributed by atoms with E-state index in [0.717, 1.165) is 19.0 Å². The Kier molecular flexibility index (Phi) is 5.20. The molecule has 5 N–H and O–H groups in total. The molecule has 10 nitrogen and oxygen atoms in total. The zero-order chi connectivity index (χ0) is 25.1. The van der Waals surface area contributed by atoms with Crippen LogP contribution in [0.3, 0.4) is 0 Å². The average Bonchev–Trinajstić information content (AvgIpc) is 3.08. The molecule has 2 fully saturated rings. The summed E-state index contributed by atoms with van der Waals surface area (Å²) in [5.74, 6) is 1.08. The number of aryl methyl sites for hydroxylation is 1. The van der Waals surface area contributed by atoms with Gasteiger partial charge in [-0.2, -0.15) is 18.3 Å². The fraction of sp³-hybridized carbons (Fsp3) is 0.409. The second-order valence-corrected chi connectivity index (χ2v) is 9.17. The van der Waals surface area contributed by atoms with E-state index in [2.05, 4.69) is 25.5 Å². The number of nitrogens with two attached hydrogens (primary N) is 2. The van der Waals surface area contributed by atoms with Crippen LogP contribution in [-0.4, -0.2) is 57.7 Å². The number of alkyl halides is 3. The van der Waals surface area contributed by atoms with Gasteiger partial charge in [0.1, 0.15) is 17.7 Å². The summed E-state index contributed by atoms with van der Waals surface area (Å²) in [5, 5.41) is 12.6. The summed E-state index contributed by atoms with van der Waals surface area (Å²) in [6.45, 7) is 3.66. The molecule has 1 amide bonds. The standard InChI is InChI=1S/C22H24F3N9O/c1-11-14-8-28-17(34-9-21(10-34)3-4-33(2)20(21)35)7-13(14)19(32-31-11)30-18(27)15-5-12(26)6-16(29-15)22(23,24)25/h5-8,18H,3-4,9-10,27H2,1-2H3,(H2,26,29)(H,30,32)/t18-/m0/s1. The highest BCUT2D eigenvalue weighted by Gasteiger charge is 2.54. The molecule has 5 heterocycles. The molecule has 0 unspecified atom stereocenters. The van der Waals surface area contributed by atoms with E-state index in [4.69, 9.17) is 11.5 Å². The molecule has 184 valence electrons. The Hall–Kier alpha value is -3.74. The van der Waals surface area contributed by atoms with E-state index in [9.17, 15) is 18.0 Å². The van der Waals surface area contributed by atoms with Gasteiger partial charge < -0.3 is 26.6 Å². The zero-order valence-corrected chi connectivity index (χ0v) is 19.1. The van der Waals surface area contributed by atoms with Gasteiger partial charge in [0.2, 0.25) is 5.91 Å². The van der Waals surface area contributed by atoms with Crippen molar-refractivity contribution in [3.05, 3.63) is 41.5 Å². The van der Waals surface area contributed by atoms with E-state index in [0.29, 0.717) is 35.4 Å². The van der Waals surface area contributed by atoms with E-state index in [-0.39, 0.29) is 28.5 Å². The van der Waals surface area contributed by atoms with Crippen LogP contribution in [0.4, 0.5) is 30.5 Å². The second-order valence-electron chi connectivity index (χ2n) is 9.17. The lowest BCUT2D eigenvalue weighted by atomic mass is 9.78. The van der Waals surface area contributed by atoms with Gasteiger partial charge >= 0.3 is 6.18 Å². The minimum Gasteiger partial charge on any atom is -0.399 e. The van der Waals surface area contributed by atoms with Crippen LogP contribution in [0.15, 0.2) is 24.4 Å². The molecule has 3 aromatic heterocycles. The second kappa shape index (κ2) is 7.90. The first kappa shape index (κ1) is 23.0. The first-order valence-corrected chi connectivity index (χ1v) is 11.0. The van der Waals surface area contributed by atoms with E-state index >= 15 is 0 Å². The lowest BCUT2D eigenvalue weighted by molar-refractivity contribution is -0.141. The maximum atomic E-state index is 13.2. The van der Waals surface area contributed by atoms with Crippen molar-refractivity contribution >= 4 is 34.0 Å². The molecule has 1 spiro atoms. The van der Waals surface area contributed by atoms with Crippen molar-refractivity contribution in [3.63, 3.8) is 0 Å². The van der Waals surface area contributed by atoms with Crippen LogP contribution in [0.25, 0.3) is 10.8 Å². The summed E-state index contributed by atoms with van der Waals surface area (Å²) in [4.78, 5) is 24.4. The van der Waals surface area contributed by atoms with Gasteiger partial charge in [-0.1, -0.05) is 0 Å². The number of hydrogen-bond donors (Lipinski definition) is 3. The van der Waals surface area contributed by atoms with Gasteiger partial charge in [0, 0.05) is 49.3 Å². The predicted molar refractivity (Wildman–Crippen MR) is 123 cm³/mol.